The minimum absolute atomic E-state index is 0.0605. The van der Waals surface area contributed by atoms with E-state index in [0.717, 1.165) is 17.7 Å². The van der Waals surface area contributed by atoms with Gasteiger partial charge in [-0.1, -0.05) is 26.0 Å². The molecule has 0 radical (unpaired) electrons. The number of benzene rings is 2. The number of para-hydroxylation sites is 1. The van der Waals surface area contributed by atoms with Gasteiger partial charge in [-0.2, -0.15) is 0 Å². The third kappa shape index (κ3) is 4.34. The number of likely N-dealkylation sites (N-methyl/N-ethyl adjacent to an activating group) is 1. The second-order valence-corrected chi connectivity index (χ2v) is 7.45. The van der Waals surface area contributed by atoms with Gasteiger partial charge >= 0.3 is 0 Å². The Morgan fingerprint density at radius 1 is 1.23 bits per heavy atom. The van der Waals surface area contributed by atoms with Crippen molar-refractivity contribution in [3.8, 4) is 5.69 Å². The van der Waals surface area contributed by atoms with Crippen molar-refractivity contribution in [2.45, 2.75) is 26.8 Å². The van der Waals surface area contributed by atoms with E-state index in [-0.39, 0.29) is 22.4 Å². The number of aromatic amines is 1. The predicted octanol–water partition coefficient (Wildman–Crippen LogP) is 3.65. The average Bonchev–Trinajstić information content (AvgIpc) is 2.73. The van der Waals surface area contributed by atoms with Crippen LogP contribution < -0.4 is 10.9 Å². The molecular formula is C22H25FN4O2S. The molecule has 1 atom stereocenters. The molecule has 3 rings (SSSR count). The Morgan fingerprint density at radius 3 is 2.60 bits per heavy atom. The zero-order valence-electron chi connectivity index (χ0n) is 17.2. The number of carbonyl (C=O) groups is 1. The van der Waals surface area contributed by atoms with Crippen LogP contribution in [0.2, 0.25) is 0 Å². The Morgan fingerprint density at radius 2 is 1.93 bits per heavy atom. The first-order valence-electron chi connectivity index (χ1n) is 9.93. The van der Waals surface area contributed by atoms with Gasteiger partial charge in [0.1, 0.15) is 5.82 Å². The summed E-state index contributed by atoms with van der Waals surface area (Å²) in [5.41, 5.74) is 0.490. The van der Waals surface area contributed by atoms with Crippen LogP contribution in [-0.4, -0.2) is 46.0 Å². The first-order chi connectivity index (χ1) is 14.4. The number of H-pyrrole nitrogens is 1. The van der Waals surface area contributed by atoms with Gasteiger partial charge in [0.25, 0.3) is 11.5 Å². The summed E-state index contributed by atoms with van der Waals surface area (Å²) < 4.78 is 15.4. The van der Waals surface area contributed by atoms with E-state index in [1.54, 1.807) is 30.3 Å². The molecule has 0 spiro atoms. The van der Waals surface area contributed by atoms with E-state index in [2.05, 4.69) is 36.0 Å². The highest BCUT2D eigenvalue weighted by Crippen LogP contribution is 2.15. The number of carbonyl (C=O) groups excluding carboxylic acids is 1. The van der Waals surface area contributed by atoms with Crippen LogP contribution in [0.3, 0.4) is 0 Å². The second-order valence-electron chi connectivity index (χ2n) is 7.06. The van der Waals surface area contributed by atoms with Crippen LogP contribution in [0, 0.1) is 10.6 Å². The maximum Gasteiger partial charge on any atom is 0.266 e. The van der Waals surface area contributed by atoms with E-state index in [9.17, 15) is 14.0 Å². The zero-order chi connectivity index (χ0) is 21.8. The maximum atomic E-state index is 14.2. The van der Waals surface area contributed by atoms with Crippen molar-refractivity contribution < 1.29 is 9.18 Å². The molecule has 0 saturated heterocycles. The predicted molar refractivity (Wildman–Crippen MR) is 119 cm³/mol. The number of nitrogens with zero attached hydrogens (tertiary/aromatic N) is 2. The first-order valence-corrected chi connectivity index (χ1v) is 10.3. The lowest BCUT2D eigenvalue weighted by Gasteiger charge is -2.26. The molecule has 0 saturated carbocycles. The summed E-state index contributed by atoms with van der Waals surface area (Å²) in [7, 11) is 0. The molecule has 1 amide bonds. The molecule has 158 valence electrons. The van der Waals surface area contributed by atoms with Gasteiger partial charge in [0.2, 0.25) is 0 Å². The summed E-state index contributed by atoms with van der Waals surface area (Å²) in [5, 5.41) is 3.25. The van der Waals surface area contributed by atoms with Gasteiger partial charge in [-0.15, -0.1) is 0 Å². The lowest BCUT2D eigenvalue weighted by Crippen LogP contribution is -2.42. The number of halogens is 1. The van der Waals surface area contributed by atoms with E-state index >= 15 is 0 Å². The fourth-order valence-corrected chi connectivity index (χ4v) is 3.82. The number of hydrogen-bond donors (Lipinski definition) is 2. The Kier molecular flexibility index (Phi) is 6.79. The van der Waals surface area contributed by atoms with Crippen molar-refractivity contribution >= 4 is 29.0 Å². The van der Waals surface area contributed by atoms with Gasteiger partial charge < -0.3 is 10.3 Å². The fourth-order valence-electron chi connectivity index (χ4n) is 3.53. The van der Waals surface area contributed by atoms with Gasteiger partial charge in [0, 0.05) is 18.2 Å². The number of aromatic nitrogens is 2. The van der Waals surface area contributed by atoms with E-state index in [1.165, 1.54) is 12.1 Å². The van der Waals surface area contributed by atoms with Crippen molar-refractivity contribution in [2.75, 3.05) is 19.6 Å². The summed E-state index contributed by atoms with van der Waals surface area (Å²) in [6.07, 6.45) is 0. The van der Waals surface area contributed by atoms with Crippen molar-refractivity contribution in [3.05, 3.63) is 69.0 Å². The summed E-state index contributed by atoms with van der Waals surface area (Å²) >= 11 is 5.29. The topological polar surface area (TPSA) is 70.1 Å². The second kappa shape index (κ2) is 9.32. The van der Waals surface area contributed by atoms with E-state index in [4.69, 9.17) is 12.2 Å². The monoisotopic (exact) mass is 428 g/mol. The molecule has 0 fully saturated rings. The standard InChI is InChI=1S/C22H25FN4O2S/c1-4-26(5-2)14(3)13-24-20(28)15-10-11-16-18(12-15)25-22(30)27(21(16)29)19-9-7-6-8-17(19)23/h6-12,14H,4-5,13H2,1-3H3,(H,24,28)(H,25,30). The highest BCUT2D eigenvalue weighted by molar-refractivity contribution is 7.71. The molecule has 30 heavy (non-hydrogen) atoms. The van der Waals surface area contributed by atoms with Crippen LogP contribution in [0.25, 0.3) is 16.6 Å². The van der Waals surface area contributed by atoms with Crippen molar-refractivity contribution in [3.63, 3.8) is 0 Å². The summed E-state index contributed by atoms with van der Waals surface area (Å²) in [5.74, 6) is -0.773. The van der Waals surface area contributed by atoms with Crippen LogP contribution in [0.5, 0.6) is 0 Å². The van der Waals surface area contributed by atoms with Crippen LogP contribution in [0.15, 0.2) is 47.3 Å². The SMILES string of the molecule is CCN(CC)C(C)CNC(=O)c1ccc2c(=O)n(-c3ccccc3F)c(=S)[nH]c2c1. The highest BCUT2D eigenvalue weighted by Gasteiger charge is 2.15. The average molecular weight is 429 g/mol. The van der Waals surface area contributed by atoms with Crippen LogP contribution in [-0.2, 0) is 0 Å². The van der Waals surface area contributed by atoms with Crippen LogP contribution in [0.1, 0.15) is 31.1 Å². The summed E-state index contributed by atoms with van der Waals surface area (Å²) in [6.45, 7) is 8.57. The van der Waals surface area contributed by atoms with Crippen molar-refractivity contribution in [1.29, 1.82) is 0 Å². The molecular weight excluding hydrogens is 403 g/mol. The van der Waals surface area contributed by atoms with Gasteiger partial charge in [-0.3, -0.25) is 14.5 Å². The minimum Gasteiger partial charge on any atom is -0.350 e. The lowest BCUT2D eigenvalue weighted by atomic mass is 10.1. The van der Waals surface area contributed by atoms with Gasteiger partial charge in [-0.25, -0.2) is 8.96 Å². The molecule has 6 nitrogen and oxygen atoms in total. The molecule has 3 aromatic rings. The third-order valence-electron chi connectivity index (χ3n) is 5.25. The van der Waals surface area contributed by atoms with E-state index in [0.29, 0.717) is 23.0 Å². The Balaban J connectivity index is 1.92. The van der Waals surface area contributed by atoms with E-state index in [1.807, 2.05) is 0 Å². The highest BCUT2D eigenvalue weighted by atomic mass is 32.1. The van der Waals surface area contributed by atoms with Crippen LogP contribution in [0.4, 0.5) is 4.39 Å². The Bertz CT molecular complexity index is 1180. The van der Waals surface area contributed by atoms with Gasteiger partial charge in [0.05, 0.1) is 16.6 Å². The summed E-state index contributed by atoms with van der Waals surface area (Å²) in [4.78, 5) is 30.7. The molecule has 0 bridgehead atoms. The molecule has 0 aliphatic rings. The lowest BCUT2D eigenvalue weighted by molar-refractivity contribution is 0.0938. The van der Waals surface area contributed by atoms with Gasteiger partial charge in [0.15, 0.2) is 4.77 Å². The number of fused-ring (bicyclic) bond motifs is 1. The van der Waals surface area contributed by atoms with Crippen molar-refractivity contribution in [2.24, 2.45) is 0 Å². The molecule has 0 aliphatic carbocycles. The minimum atomic E-state index is -0.545. The normalized spacial score (nSPS) is 12.3. The van der Waals surface area contributed by atoms with Crippen molar-refractivity contribution in [1.82, 2.24) is 19.8 Å². The van der Waals surface area contributed by atoms with Crippen LogP contribution >= 0.6 is 12.2 Å². The Labute approximate surface area is 179 Å². The molecule has 0 aliphatic heterocycles. The quantitative estimate of drug-likeness (QED) is 0.564. The van der Waals surface area contributed by atoms with E-state index < -0.39 is 11.4 Å². The molecule has 1 heterocycles. The number of hydrogen-bond acceptors (Lipinski definition) is 4. The van der Waals surface area contributed by atoms with Gasteiger partial charge in [-0.05, 0) is 62.6 Å². The third-order valence-corrected chi connectivity index (χ3v) is 5.53. The largest absolute Gasteiger partial charge is 0.350 e. The Hall–Kier alpha value is -2.84. The molecule has 2 N–H and O–H groups in total. The first kappa shape index (κ1) is 21.9. The molecule has 8 heteroatoms. The molecule has 1 unspecified atom stereocenters. The summed E-state index contributed by atoms with van der Waals surface area (Å²) in [6, 6.07) is 10.9. The maximum absolute atomic E-state index is 14.2. The number of amides is 1. The molecule has 1 aromatic heterocycles. The molecule has 2 aromatic carbocycles. The zero-order valence-corrected chi connectivity index (χ0v) is 18.1. The number of nitrogens with one attached hydrogen (secondary N) is 2. The smallest absolute Gasteiger partial charge is 0.266 e. The number of rotatable bonds is 7. The fraction of sp³-hybridized carbons (Fsp3) is 0.318.